The number of carbonyl (C=O) groups is 3. The number of nitrogens with zero attached hydrogens (tertiary/aromatic N) is 2. The molecule has 0 aliphatic carbocycles. The van der Waals surface area contributed by atoms with Crippen LogP contribution < -0.4 is 21.5 Å². The third-order valence-corrected chi connectivity index (χ3v) is 8.80. The number of carbonyl (C=O) groups excluding carboxylic acids is 3. The zero-order valence-electron chi connectivity index (χ0n) is 25.1. The lowest BCUT2D eigenvalue weighted by atomic mass is 9.94. The highest BCUT2D eigenvalue weighted by Gasteiger charge is 2.26. The number of aromatic amines is 1. The average molecular weight is 630 g/mol. The second kappa shape index (κ2) is 12.4. The van der Waals surface area contributed by atoms with Crippen molar-refractivity contribution in [2.45, 2.75) is 51.2 Å². The van der Waals surface area contributed by atoms with Crippen LogP contribution in [0.4, 0.5) is 11.4 Å². The summed E-state index contributed by atoms with van der Waals surface area (Å²) in [5.74, 6) is -1.14. The highest BCUT2D eigenvalue weighted by atomic mass is 32.2. The van der Waals surface area contributed by atoms with Crippen LogP contribution in [0.15, 0.2) is 64.5 Å². The number of aromatic nitrogens is 2. The molecule has 1 aromatic heterocycles. The smallest absolute Gasteiger partial charge is 0.319 e. The molecule has 1 unspecified atom stereocenters. The molecule has 232 valence electrons. The van der Waals surface area contributed by atoms with Gasteiger partial charge < -0.3 is 25.8 Å². The summed E-state index contributed by atoms with van der Waals surface area (Å²) in [5, 5.41) is 9.14. The molecule has 4 aromatic rings. The Morgan fingerprint density at radius 3 is 2.47 bits per heavy atom. The minimum Gasteiger partial charge on any atom is -0.370 e. The summed E-state index contributed by atoms with van der Waals surface area (Å²) in [7, 11) is -3.93. The predicted octanol–water partition coefficient (Wildman–Crippen LogP) is 3.27. The molecule has 3 aromatic carbocycles. The van der Waals surface area contributed by atoms with Crippen LogP contribution in [0, 0.1) is 20.1 Å². The number of hydrogen-bond acceptors (Lipinski definition) is 8. The predicted molar refractivity (Wildman–Crippen MR) is 170 cm³/mol. The fourth-order valence-electron chi connectivity index (χ4n) is 5.47. The van der Waals surface area contributed by atoms with Crippen molar-refractivity contribution in [3.8, 4) is 0 Å². The minimum atomic E-state index is -3.93. The Labute approximate surface area is 260 Å². The molecule has 6 rings (SSSR count). The third kappa shape index (κ3) is 6.83. The molecule has 4 N–H and O–H groups in total. The van der Waals surface area contributed by atoms with E-state index in [2.05, 4.69) is 32.2 Å². The Balaban J connectivity index is 1.63. The molecule has 13 heteroatoms. The van der Waals surface area contributed by atoms with Gasteiger partial charge in [-0.1, -0.05) is 19.1 Å². The van der Waals surface area contributed by atoms with E-state index in [9.17, 15) is 27.6 Å². The van der Waals surface area contributed by atoms with Gasteiger partial charge in [0, 0.05) is 30.9 Å². The maximum absolute atomic E-state index is 13.9. The van der Waals surface area contributed by atoms with Crippen LogP contribution in [0.2, 0.25) is 0 Å². The molecule has 1 atom stereocenters. The molecular weight excluding hydrogens is 596 g/mol. The first-order chi connectivity index (χ1) is 21.3. The molecule has 0 fully saturated rings. The first-order valence-electron chi connectivity index (χ1n) is 14.2. The Morgan fingerprint density at radius 2 is 1.78 bits per heavy atom. The number of hydrogen-bond donors (Lipinski definition) is 4. The Hall–Kier alpha value is -5.17. The van der Waals surface area contributed by atoms with Crippen LogP contribution in [0.5, 0.6) is 0 Å². The fraction of sp³-hybridized carbons (Fsp3) is 0.250. The highest BCUT2D eigenvalue weighted by Crippen LogP contribution is 2.28. The number of nitrogens with one attached hydrogen (secondary N) is 4. The van der Waals surface area contributed by atoms with Crippen LogP contribution in [0.3, 0.4) is 0 Å². The van der Waals surface area contributed by atoms with Gasteiger partial charge in [-0.15, -0.1) is 0 Å². The maximum Gasteiger partial charge on any atom is 0.319 e. The van der Waals surface area contributed by atoms with Gasteiger partial charge in [0.2, 0.25) is 17.7 Å². The van der Waals surface area contributed by atoms with Gasteiger partial charge >= 0.3 is 9.84 Å². The van der Waals surface area contributed by atoms with E-state index in [4.69, 9.17) is 0 Å². The zero-order chi connectivity index (χ0) is 32.5. The highest BCUT2D eigenvalue weighted by molar-refractivity contribution is 7.92. The molecular formula is C32H33N6O6S+. The zero-order valence-corrected chi connectivity index (χ0v) is 25.9. The molecule has 45 heavy (non-hydrogen) atoms. The minimum absolute atomic E-state index is 0.105. The summed E-state index contributed by atoms with van der Waals surface area (Å²) in [6.07, 6.45) is 4.78. The van der Waals surface area contributed by atoms with Gasteiger partial charge in [0.25, 0.3) is 5.56 Å². The largest absolute Gasteiger partial charge is 0.370 e. The van der Waals surface area contributed by atoms with Crippen molar-refractivity contribution in [1.29, 1.82) is 0 Å². The van der Waals surface area contributed by atoms with Crippen molar-refractivity contribution in [2.24, 2.45) is 0 Å². The van der Waals surface area contributed by atoms with Gasteiger partial charge in [-0.3, -0.25) is 19.2 Å². The van der Waals surface area contributed by atoms with E-state index >= 15 is 0 Å². The van der Waals surface area contributed by atoms with Gasteiger partial charge in [0.1, 0.15) is 17.5 Å². The number of aryl methyl sites for hydroxylation is 2. The Morgan fingerprint density at radius 1 is 1.04 bits per heavy atom. The van der Waals surface area contributed by atoms with Gasteiger partial charge in [0.05, 0.1) is 17.2 Å². The molecule has 0 spiro atoms. The Kier molecular flexibility index (Phi) is 8.64. The molecule has 3 heterocycles. The van der Waals surface area contributed by atoms with Gasteiger partial charge in [-0.25, -0.2) is 4.98 Å². The van der Waals surface area contributed by atoms with Crippen LogP contribution in [0.1, 0.15) is 47.2 Å². The second-order valence-corrected chi connectivity index (χ2v) is 12.7. The maximum atomic E-state index is 13.9. The summed E-state index contributed by atoms with van der Waals surface area (Å²) < 4.78 is 25.0. The lowest BCUT2D eigenvalue weighted by Gasteiger charge is -2.26. The standard InChI is InChI=1S/C32H32N6O6S/c1-5-29(40)38-15-25-18(2)10-20(11-19(25)3)30(37-23-6-8-26-24(13-23)31(41)35-17-34-26)32(42)33-14-21-12-22(36-28(39)16-38)7-9-27(21)45(4,43)44/h6-13,17,30,37H,4-5,14-16H2,1-3H3,(H2-,33,34,35,36,39,41,42)/p+1. The number of amides is 3. The molecule has 0 radical (unpaired) electrons. The number of rotatable bonds is 4. The van der Waals surface area contributed by atoms with Crippen molar-refractivity contribution < 1.29 is 22.8 Å². The number of benzene rings is 3. The van der Waals surface area contributed by atoms with E-state index in [1.54, 1.807) is 25.1 Å². The van der Waals surface area contributed by atoms with Crippen LogP contribution in [-0.2, 0) is 37.3 Å². The SMILES string of the molecule is [CH2+]S(=O)(=O)c1ccc2cc1CNC(=O)C(Nc1ccc3nc[nH]c(=O)c3c1)c1cc(C)c(c(C)c1)CN(C(=O)CC)CC(=O)N2. The monoisotopic (exact) mass is 629 g/mol. The summed E-state index contributed by atoms with van der Waals surface area (Å²) in [5.41, 5.74) is 4.22. The van der Waals surface area contributed by atoms with Crippen molar-refractivity contribution in [1.82, 2.24) is 20.2 Å². The molecule has 4 bridgehead atoms. The third-order valence-electron chi connectivity index (χ3n) is 7.74. The first-order valence-corrected chi connectivity index (χ1v) is 15.9. The molecule has 3 amide bonds. The fourth-order valence-corrected chi connectivity index (χ4v) is 6.28. The van der Waals surface area contributed by atoms with Crippen LogP contribution in [-0.4, -0.2) is 47.6 Å². The summed E-state index contributed by atoms with van der Waals surface area (Å²) in [6, 6.07) is 11.9. The molecule has 2 aliphatic heterocycles. The van der Waals surface area contributed by atoms with Crippen LogP contribution >= 0.6 is 0 Å². The van der Waals surface area contributed by atoms with E-state index < -0.39 is 27.7 Å². The van der Waals surface area contributed by atoms with Crippen molar-refractivity contribution >= 4 is 49.8 Å². The first kappa shape index (κ1) is 31.3. The summed E-state index contributed by atoms with van der Waals surface area (Å²) in [4.78, 5) is 60.4. The number of sulfone groups is 1. The van der Waals surface area contributed by atoms with E-state index in [-0.39, 0.29) is 48.0 Å². The van der Waals surface area contributed by atoms with Crippen molar-refractivity contribution in [3.05, 3.63) is 99.3 Å². The second-order valence-electron chi connectivity index (χ2n) is 11.0. The van der Waals surface area contributed by atoms with E-state index in [0.29, 0.717) is 27.8 Å². The summed E-state index contributed by atoms with van der Waals surface area (Å²) in [6.45, 7) is 5.23. The van der Waals surface area contributed by atoms with E-state index in [1.165, 1.54) is 29.4 Å². The van der Waals surface area contributed by atoms with E-state index in [1.807, 2.05) is 26.0 Å². The van der Waals surface area contributed by atoms with Crippen molar-refractivity contribution in [2.75, 3.05) is 17.2 Å². The molecule has 2 aliphatic rings. The topological polar surface area (TPSA) is 170 Å². The normalized spacial score (nSPS) is 15.9. The number of H-pyrrole nitrogens is 1. The lowest BCUT2D eigenvalue weighted by Crippen LogP contribution is -2.38. The number of fused-ring (bicyclic) bond motifs is 10. The van der Waals surface area contributed by atoms with Gasteiger partial charge in [-0.05, 0) is 78.1 Å². The lowest BCUT2D eigenvalue weighted by molar-refractivity contribution is -0.135. The van der Waals surface area contributed by atoms with E-state index in [0.717, 1.165) is 16.7 Å². The molecule has 0 saturated heterocycles. The van der Waals surface area contributed by atoms with Gasteiger partial charge in [0.15, 0.2) is 6.26 Å². The van der Waals surface area contributed by atoms with Crippen molar-refractivity contribution in [3.63, 3.8) is 0 Å². The van der Waals surface area contributed by atoms with Crippen LogP contribution in [0.25, 0.3) is 10.9 Å². The Bertz CT molecular complexity index is 1980. The quantitative estimate of drug-likeness (QED) is 0.249. The molecule has 0 saturated carbocycles. The average Bonchev–Trinajstić information content (AvgIpc) is 2.98. The number of anilines is 2. The molecule has 12 nitrogen and oxygen atoms in total. The summed E-state index contributed by atoms with van der Waals surface area (Å²) >= 11 is 0. The van der Waals surface area contributed by atoms with Gasteiger partial charge in [-0.2, -0.15) is 8.42 Å².